The Morgan fingerprint density at radius 3 is 2.13 bits per heavy atom. The second-order valence-corrected chi connectivity index (χ2v) is 4.37. The van der Waals surface area contributed by atoms with Crippen LogP contribution in [0.15, 0.2) is 12.1 Å². The molecule has 0 atom stereocenters. The third-order valence-corrected chi connectivity index (χ3v) is 2.10. The van der Waals surface area contributed by atoms with Gasteiger partial charge in [-0.3, -0.25) is 0 Å². The van der Waals surface area contributed by atoms with Gasteiger partial charge in [0.25, 0.3) is 0 Å². The lowest BCUT2D eigenvalue weighted by molar-refractivity contribution is 0.0691. The summed E-state index contributed by atoms with van der Waals surface area (Å²) in [7, 11) is 0. The summed E-state index contributed by atoms with van der Waals surface area (Å²) in [5.41, 5.74) is -0.857. The van der Waals surface area contributed by atoms with Crippen molar-refractivity contribution < 1.29 is 18.7 Å². The van der Waals surface area contributed by atoms with Crippen LogP contribution in [0.4, 0.5) is 8.78 Å². The molecule has 0 amide bonds. The SMILES string of the molecule is CC(C)(C)c1cc(C(=O)O)c(F)cc1F. The number of hydrogen-bond donors (Lipinski definition) is 1. The average molecular weight is 214 g/mol. The van der Waals surface area contributed by atoms with Crippen LogP contribution in [0.3, 0.4) is 0 Å². The monoisotopic (exact) mass is 214 g/mol. The molecule has 0 saturated heterocycles. The van der Waals surface area contributed by atoms with Gasteiger partial charge in [-0.2, -0.15) is 0 Å². The fraction of sp³-hybridized carbons (Fsp3) is 0.364. The second kappa shape index (κ2) is 3.61. The summed E-state index contributed by atoms with van der Waals surface area (Å²) in [5.74, 6) is -3.16. The van der Waals surface area contributed by atoms with Gasteiger partial charge in [0, 0.05) is 6.07 Å². The van der Waals surface area contributed by atoms with Crippen LogP contribution in [0, 0.1) is 11.6 Å². The topological polar surface area (TPSA) is 37.3 Å². The Morgan fingerprint density at radius 1 is 1.20 bits per heavy atom. The van der Waals surface area contributed by atoms with Gasteiger partial charge >= 0.3 is 5.97 Å². The number of rotatable bonds is 1. The Bertz CT molecular complexity index is 406. The van der Waals surface area contributed by atoms with E-state index in [2.05, 4.69) is 0 Å². The summed E-state index contributed by atoms with van der Waals surface area (Å²) in [4.78, 5) is 10.6. The van der Waals surface area contributed by atoms with Gasteiger partial charge in [-0.25, -0.2) is 13.6 Å². The van der Waals surface area contributed by atoms with Crippen molar-refractivity contribution in [1.82, 2.24) is 0 Å². The van der Waals surface area contributed by atoms with Crippen LogP contribution in [0.25, 0.3) is 0 Å². The first kappa shape index (κ1) is 11.6. The van der Waals surface area contributed by atoms with Crippen LogP contribution in [0.1, 0.15) is 36.7 Å². The van der Waals surface area contributed by atoms with E-state index >= 15 is 0 Å². The molecule has 4 heteroatoms. The van der Waals surface area contributed by atoms with E-state index < -0.39 is 28.6 Å². The van der Waals surface area contributed by atoms with Crippen molar-refractivity contribution in [2.24, 2.45) is 0 Å². The van der Waals surface area contributed by atoms with Crippen LogP contribution in [0.5, 0.6) is 0 Å². The maximum absolute atomic E-state index is 13.4. The third-order valence-electron chi connectivity index (χ3n) is 2.10. The van der Waals surface area contributed by atoms with Crippen molar-refractivity contribution in [2.45, 2.75) is 26.2 Å². The first-order chi connectivity index (χ1) is 6.73. The van der Waals surface area contributed by atoms with Crippen LogP contribution in [0.2, 0.25) is 0 Å². The van der Waals surface area contributed by atoms with Crippen LogP contribution in [-0.4, -0.2) is 11.1 Å². The molecule has 0 bridgehead atoms. The van der Waals surface area contributed by atoms with Gasteiger partial charge in [0.05, 0.1) is 5.56 Å². The molecule has 82 valence electrons. The molecule has 0 aliphatic carbocycles. The van der Waals surface area contributed by atoms with E-state index in [4.69, 9.17) is 5.11 Å². The van der Waals surface area contributed by atoms with E-state index in [1.54, 1.807) is 20.8 Å². The van der Waals surface area contributed by atoms with Crippen molar-refractivity contribution in [2.75, 3.05) is 0 Å². The molecule has 1 N–H and O–H groups in total. The van der Waals surface area contributed by atoms with Crippen molar-refractivity contribution >= 4 is 5.97 Å². The van der Waals surface area contributed by atoms with Gasteiger partial charge in [0.15, 0.2) is 0 Å². The van der Waals surface area contributed by atoms with E-state index in [1.807, 2.05) is 0 Å². The first-order valence-electron chi connectivity index (χ1n) is 4.46. The van der Waals surface area contributed by atoms with E-state index in [1.165, 1.54) is 0 Å². The lowest BCUT2D eigenvalue weighted by atomic mass is 9.85. The van der Waals surface area contributed by atoms with Gasteiger partial charge < -0.3 is 5.11 Å². The third kappa shape index (κ3) is 2.32. The Balaban J connectivity index is 3.43. The molecule has 1 aromatic rings. The Hall–Kier alpha value is -1.45. The highest BCUT2D eigenvalue weighted by molar-refractivity contribution is 5.88. The maximum Gasteiger partial charge on any atom is 0.338 e. The van der Waals surface area contributed by atoms with Gasteiger partial charge in [-0.1, -0.05) is 20.8 Å². The number of carboxylic acids is 1. The summed E-state index contributed by atoms with van der Waals surface area (Å²) < 4.78 is 26.4. The molecule has 0 radical (unpaired) electrons. The lowest BCUT2D eigenvalue weighted by Crippen LogP contribution is -2.16. The zero-order valence-electron chi connectivity index (χ0n) is 8.77. The normalized spacial score (nSPS) is 11.5. The molecule has 0 spiro atoms. The van der Waals surface area contributed by atoms with Crippen LogP contribution < -0.4 is 0 Å². The zero-order chi connectivity index (χ0) is 11.8. The Kier molecular flexibility index (Phi) is 2.79. The molecule has 0 aromatic heterocycles. The van der Waals surface area contributed by atoms with Gasteiger partial charge in [0.2, 0.25) is 0 Å². The molecular formula is C11H12F2O2. The molecule has 0 aliphatic heterocycles. The van der Waals surface area contributed by atoms with Crippen molar-refractivity contribution in [3.8, 4) is 0 Å². The first-order valence-corrected chi connectivity index (χ1v) is 4.46. The average Bonchev–Trinajstić information content (AvgIpc) is 2.00. The predicted molar refractivity (Wildman–Crippen MR) is 52.0 cm³/mol. The van der Waals surface area contributed by atoms with Gasteiger partial charge in [-0.05, 0) is 17.0 Å². The number of carbonyl (C=O) groups is 1. The van der Waals surface area contributed by atoms with Crippen molar-refractivity contribution in [3.05, 3.63) is 34.9 Å². The molecule has 0 aliphatic rings. The van der Waals surface area contributed by atoms with E-state index in [-0.39, 0.29) is 5.56 Å². The minimum atomic E-state index is -1.39. The van der Waals surface area contributed by atoms with E-state index in [9.17, 15) is 13.6 Å². The standard InChI is InChI=1S/C11H12F2O2/c1-11(2,3)7-4-6(10(14)15)8(12)5-9(7)13/h4-5H,1-3H3,(H,14,15). The number of carboxylic acid groups (broad SMARTS) is 1. The molecule has 0 fully saturated rings. The molecule has 15 heavy (non-hydrogen) atoms. The van der Waals surface area contributed by atoms with Gasteiger partial charge in [-0.15, -0.1) is 0 Å². The maximum atomic E-state index is 13.4. The molecule has 1 rings (SSSR count). The van der Waals surface area contributed by atoms with Crippen LogP contribution >= 0.6 is 0 Å². The second-order valence-electron chi connectivity index (χ2n) is 4.37. The van der Waals surface area contributed by atoms with Crippen molar-refractivity contribution in [3.63, 3.8) is 0 Å². The minimum Gasteiger partial charge on any atom is -0.478 e. The minimum absolute atomic E-state index is 0.196. The number of halogens is 2. The molecular weight excluding hydrogens is 202 g/mol. The summed E-state index contributed by atoms with van der Waals surface area (Å²) in [6, 6.07) is 1.66. The molecule has 0 heterocycles. The molecule has 2 nitrogen and oxygen atoms in total. The van der Waals surface area contributed by atoms with E-state index in [0.717, 1.165) is 6.07 Å². The molecule has 0 unspecified atom stereocenters. The van der Waals surface area contributed by atoms with Crippen molar-refractivity contribution in [1.29, 1.82) is 0 Å². The largest absolute Gasteiger partial charge is 0.478 e. The highest BCUT2D eigenvalue weighted by atomic mass is 19.1. The molecule has 0 saturated carbocycles. The summed E-state index contributed by atoms with van der Waals surface area (Å²) in [6.07, 6.45) is 0. The highest BCUT2D eigenvalue weighted by Crippen LogP contribution is 2.27. The highest BCUT2D eigenvalue weighted by Gasteiger charge is 2.22. The fourth-order valence-electron chi connectivity index (χ4n) is 1.29. The Morgan fingerprint density at radius 2 is 1.73 bits per heavy atom. The molecule has 1 aromatic carbocycles. The lowest BCUT2D eigenvalue weighted by Gasteiger charge is -2.20. The number of hydrogen-bond acceptors (Lipinski definition) is 1. The number of benzene rings is 1. The van der Waals surface area contributed by atoms with Gasteiger partial charge in [0.1, 0.15) is 11.6 Å². The zero-order valence-corrected chi connectivity index (χ0v) is 8.77. The summed E-state index contributed by atoms with van der Waals surface area (Å²) >= 11 is 0. The number of aromatic carboxylic acids is 1. The fourth-order valence-corrected chi connectivity index (χ4v) is 1.29. The van der Waals surface area contributed by atoms with E-state index in [0.29, 0.717) is 6.07 Å². The predicted octanol–water partition coefficient (Wildman–Crippen LogP) is 2.96. The van der Waals surface area contributed by atoms with Crippen LogP contribution in [-0.2, 0) is 5.41 Å². The summed E-state index contributed by atoms with van der Waals surface area (Å²) in [5, 5.41) is 8.68. The summed E-state index contributed by atoms with van der Waals surface area (Å²) in [6.45, 7) is 5.19. The Labute approximate surface area is 86.5 Å². The quantitative estimate of drug-likeness (QED) is 0.780. The smallest absolute Gasteiger partial charge is 0.338 e.